The number of nitrogens with one attached hydrogen (secondary N) is 1. The van der Waals surface area contributed by atoms with Gasteiger partial charge in [-0.05, 0) is 28.9 Å². The molecule has 19 heavy (non-hydrogen) atoms. The minimum atomic E-state index is -0.398. The quantitative estimate of drug-likeness (QED) is 0.864. The third-order valence-corrected chi connectivity index (χ3v) is 3.51. The topological polar surface area (TPSA) is 46.9 Å². The Bertz CT molecular complexity index is 629. The van der Waals surface area contributed by atoms with Gasteiger partial charge in [0, 0.05) is 12.6 Å². The molecule has 0 aliphatic rings. The van der Waals surface area contributed by atoms with Gasteiger partial charge in [-0.15, -0.1) is 11.6 Å². The first-order chi connectivity index (χ1) is 9.06. The average Bonchev–Trinajstić information content (AvgIpc) is 2.68. The molecule has 0 saturated carbocycles. The Morgan fingerprint density at radius 2 is 2.32 bits per heavy atom. The largest absolute Gasteiger partial charge is 0.355 e. The number of aromatic nitrogens is 2. The summed E-state index contributed by atoms with van der Waals surface area (Å²) < 4.78 is 15.6. The Morgan fingerprint density at radius 3 is 2.95 bits per heavy atom. The third kappa shape index (κ3) is 2.90. The fourth-order valence-corrected chi connectivity index (χ4v) is 2.38. The first kappa shape index (κ1) is 14.3. The van der Waals surface area contributed by atoms with E-state index in [0.717, 1.165) is 0 Å². The molecule has 1 aromatic carbocycles. The SMILES string of the molecule is CCNC(=O)Cn1c(CCl)nc2cc(Br)c(F)cc21. The third-order valence-electron chi connectivity index (χ3n) is 2.66. The first-order valence-electron chi connectivity index (χ1n) is 5.73. The molecule has 0 fully saturated rings. The maximum absolute atomic E-state index is 13.6. The van der Waals surface area contributed by atoms with Crippen molar-refractivity contribution >= 4 is 44.5 Å². The highest BCUT2D eigenvalue weighted by Crippen LogP contribution is 2.24. The molecule has 0 aliphatic heterocycles. The van der Waals surface area contributed by atoms with Crippen LogP contribution in [-0.2, 0) is 17.2 Å². The number of hydrogen-bond donors (Lipinski definition) is 1. The van der Waals surface area contributed by atoms with Crippen molar-refractivity contribution in [2.75, 3.05) is 6.54 Å². The predicted molar refractivity (Wildman–Crippen MR) is 75.6 cm³/mol. The Morgan fingerprint density at radius 1 is 1.58 bits per heavy atom. The summed E-state index contributed by atoms with van der Waals surface area (Å²) in [6.07, 6.45) is 0. The van der Waals surface area contributed by atoms with Crippen LogP contribution in [0.5, 0.6) is 0 Å². The van der Waals surface area contributed by atoms with Gasteiger partial charge in [0.25, 0.3) is 0 Å². The molecular formula is C12H12BrClFN3O. The van der Waals surface area contributed by atoms with Crippen molar-refractivity contribution < 1.29 is 9.18 Å². The van der Waals surface area contributed by atoms with Gasteiger partial charge in [-0.2, -0.15) is 0 Å². The zero-order valence-electron chi connectivity index (χ0n) is 10.2. The van der Waals surface area contributed by atoms with E-state index in [-0.39, 0.29) is 18.3 Å². The highest BCUT2D eigenvalue weighted by Gasteiger charge is 2.15. The summed E-state index contributed by atoms with van der Waals surface area (Å²) in [5, 5.41) is 2.69. The molecule has 0 aliphatic carbocycles. The zero-order valence-corrected chi connectivity index (χ0v) is 12.6. The number of nitrogens with zero attached hydrogens (tertiary/aromatic N) is 2. The zero-order chi connectivity index (χ0) is 14.0. The lowest BCUT2D eigenvalue weighted by Crippen LogP contribution is -2.27. The van der Waals surface area contributed by atoms with Crippen LogP contribution in [0.3, 0.4) is 0 Å². The molecule has 1 heterocycles. The number of halogens is 3. The second-order valence-corrected chi connectivity index (χ2v) is 5.08. The number of fused-ring (bicyclic) bond motifs is 1. The van der Waals surface area contributed by atoms with Crippen LogP contribution >= 0.6 is 27.5 Å². The van der Waals surface area contributed by atoms with Gasteiger partial charge in [0.2, 0.25) is 5.91 Å². The minimum Gasteiger partial charge on any atom is -0.355 e. The molecule has 4 nitrogen and oxygen atoms in total. The average molecular weight is 349 g/mol. The fraction of sp³-hybridized carbons (Fsp3) is 0.333. The van der Waals surface area contributed by atoms with Crippen LogP contribution in [0.25, 0.3) is 11.0 Å². The van der Waals surface area contributed by atoms with Gasteiger partial charge >= 0.3 is 0 Å². The van der Waals surface area contributed by atoms with Gasteiger partial charge in [-0.1, -0.05) is 0 Å². The molecule has 102 valence electrons. The first-order valence-corrected chi connectivity index (χ1v) is 7.06. The minimum absolute atomic E-state index is 0.0769. The molecule has 0 saturated heterocycles. The predicted octanol–water partition coefficient (Wildman–Crippen LogP) is 2.81. The Balaban J connectivity index is 2.50. The number of carbonyl (C=O) groups is 1. The van der Waals surface area contributed by atoms with Crippen molar-refractivity contribution in [3.63, 3.8) is 0 Å². The van der Waals surface area contributed by atoms with E-state index in [0.29, 0.717) is 27.9 Å². The van der Waals surface area contributed by atoms with E-state index in [1.54, 1.807) is 10.6 Å². The molecule has 0 unspecified atom stereocenters. The summed E-state index contributed by atoms with van der Waals surface area (Å²) >= 11 is 8.93. The van der Waals surface area contributed by atoms with E-state index in [1.165, 1.54) is 6.07 Å². The van der Waals surface area contributed by atoms with E-state index in [2.05, 4.69) is 26.2 Å². The number of benzene rings is 1. The number of rotatable bonds is 4. The second-order valence-electron chi connectivity index (χ2n) is 3.96. The maximum Gasteiger partial charge on any atom is 0.239 e. The van der Waals surface area contributed by atoms with Crippen LogP contribution in [0, 0.1) is 5.82 Å². The monoisotopic (exact) mass is 347 g/mol. The molecule has 7 heteroatoms. The van der Waals surface area contributed by atoms with Crippen molar-refractivity contribution in [1.29, 1.82) is 0 Å². The molecule has 0 spiro atoms. The Kier molecular flexibility index (Phi) is 4.42. The molecule has 2 aromatic rings. The summed E-state index contributed by atoms with van der Waals surface area (Å²) in [4.78, 5) is 16.0. The van der Waals surface area contributed by atoms with Gasteiger partial charge in [0.15, 0.2) is 0 Å². The number of likely N-dealkylation sites (N-methyl/N-ethyl adjacent to an activating group) is 1. The molecule has 1 amide bonds. The molecule has 2 rings (SSSR count). The van der Waals surface area contributed by atoms with Crippen LogP contribution in [0.1, 0.15) is 12.7 Å². The fourth-order valence-electron chi connectivity index (χ4n) is 1.85. The van der Waals surface area contributed by atoms with Crippen LogP contribution in [-0.4, -0.2) is 22.0 Å². The van der Waals surface area contributed by atoms with E-state index in [9.17, 15) is 9.18 Å². The number of imidazole rings is 1. The van der Waals surface area contributed by atoms with E-state index >= 15 is 0 Å². The lowest BCUT2D eigenvalue weighted by atomic mass is 10.3. The highest BCUT2D eigenvalue weighted by atomic mass is 79.9. The van der Waals surface area contributed by atoms with Crippen molar-refractivity contribution in [3.8, 4) is 0 Å². The van der Waals surface area contributed by atoms with Crippen molar-refractivity contribution in [2.24, 2.45) is 0 Å². The Hall–Kier alpha value is -1.14. The molecule has 0 bridgehead atoms. The summed E-state index contributed by atoms with van der Waals surface area (Å²) in [5.41, 5.74) is 1.16. The van der Waals surface area contributed by atoms with E-state index in [4.69, 9.17) is 11.6 Å². The molecule has 0 radical (unpaired) electrons. The van der Waals surface area contributed by atoms with Crippen molar-refractivity contribution in [3.05, 3.63) is 28.2 Å². The standard InChI is InChI=1S/C12H12BrClFN3O/c1-2-16-12(19)6-18-10-4-8(15)7(13)3-9(10)17-11(18)5-14/h3-4H,2,5-6H2,1H3,(H,16,19). The van der Waals surface area contributed by atoms with Crippen LogP contribution in [0.2, 0.25) is 0 Å². The van der Waals surface area contributed by atoms with Gasteiger partial charge < -0.3 is 9.88 Å². The number of hydrogen-bond acceptors (Lipinski definition) is 2. The lowest BCUT2D eigenvalue weighted by molar-refractivity contribution is -0.121. The summed E-state index contributed by atoms with van der Waals surface area (Å²) in [6.45, 7) is 2.46. The second kappa shape index (κ2) is 5.88. The smallest absolute Gasteiger partial charge is 0.239 e. The van der Waals surface area contributed by atoms with Crippen LogP contribution < -0.4 is 5.32 Å². The number of alkyl halides is 1. The highest BCUT2D eigenvalue weighted by molar-refractivity contribution is 9.10. The Labute approximate surface area is 123 Å². The van der Waals surface area contributed by atoms with Crippen molar-refractivity contribution in [1.82, 2.24) is 14.9 Å². The number of carbonyl (C=O) groups excluding carboxylic acids is 1. The van der Waals surface area contributed by atoms with Crippen molar-refractivity contribution in [2.45, 2.75) is 19.3 Å². The molecule has 0 atom stereocenters. The van der Waals surface area contributed by atoms with Gasteiger partial charge in [0.05, 0.1) is 21.4 Å². The van der Waals surface area contributed by atoms with E-state index < -0.39 is 5.82 Å². The van der Waals surface area contributed by atoms with E-state index in [1.807, 2.05) is 6.92 Å². The summed E-state index contributed by atoms with van der Waals surface area (Å²) in [6, 6.07) is 2.93. The maximum atomic E-state index is 13.6. The van der Waals surface area contributed by atoms with Gasteiger partial charge in [-0.25, -0.2) is 9.37 Å². The molecular weight excluding hydrogens is 337 g/mol. The lowest BCUT2D eigenvalue weighted by Gasteiger charge is -2.07. The summed E-state index contributed by atoms with van der Waals surface area (Å²) in [5.74, 6) is 0.149. The van der Waals surface area contributed by atoms with Crippen LogP contribution in [0.15, 0.2) is 16.6 Å². The molecule has 1 N–H and O–H groups in total. The normalized spacial score (nSPS) is 10.9. The van der Waals surface area contributed by atoms with Gasteiger partial charge in [0.1, 0.15) is 18.2 Å². The molecule has 1 aromatic heterocycles. The number of amides is 1. The van der Waals surface area contributed by atoms with Gasteiger partial charge in [-0.3, -0.25) is 4.79 Å². The van der Waals surface area contributed by atoms with Crippen LogP contribution in [0.4, 0.5) is 4.39 Å². The summed E-state index contributed by atoms with van der Waals surface area (Å²) in [7, 11) is 0.